The topological polar surface area (TPSA) is 20.3 Å². The first-order valence-electron chi connectivity index (χ1n) is 4.63. The molecule has 0 fully saturated rings. The zero-order chi connectivity index (χ0) is 11.4. The Morgan fingerprint density at radius 3 is 2.60 bits per heavy atom. The third-order valence-corrected chi connectivity index (χ3v) is 3.50. The molecule has 0 saturated heterocycles. The molecule has 0 aromatic heterocycles. The van der Waals surface area contributed by atoms with E-state index in [1.54, 1.807) is 18.0 Å². The van der Waals surface area contributed by atoms with Crippen LogP contribution in [0.5, 0.6) is 0 Å². The highest BCUT2D eigenvalue weighted by atomic mass is 79.9. The lowest BCUT2D eigenvalue weighted by Gasteiger charge is -2.28. The second-order valence-corrected chi connectivity index (χ2v) is 5.15. The van der Waals surface area contributed by atoms with Crippen LogP contribution in [-0.2, 0) is 5.54 Å². The summed E-state index contributed by atoms with van der Waals surface area (Å²) in [7, 11) is 1.69. The SMILES string of the molecule is CN1C(=O)c2cc(Br)cc(F)c2C1(C)C. The number of hydrogen-bond donors (Lipinski definition) is 0. The Bertz CT molecular complexity index is 456. The largest absolute Gasteiger partial charge is 0.332 e. The van der Waals surface area contributed by atoms with Gasteiger partial charge in [0.2, 0.25) is 0 Å². The lowest BCUT2D eigenvalue weighted by atomic mass is 9.93. The molecule has 0 aliphatic carbocycles. The number of carbonyl (C=O) groups is 1. The van der Waals surface area contributed by atoms with Crippen molar-refractivity contribution in [2.75, 3.05) is 7.05 Å². The van der Waals surface area contributed by atoms with Gasteiger partial charge < -0.3 is 4.90 Å². The molecule has 0 N–H and O–H groups in total. The molecule has 1 aliphatic heterocycles. The maximum atomic E-state index is 13.8. The number of hydrogen-bond acceptors (Lipinski definition) is 1. The molecule has 0 bridgehead atoms. The third kappa shape index (κ3) is 1.31. The van der Waals surface area contributed by atoms with Gasteiger partial charge in [-0.2, -0.15) is 0 Å². The summed E-state index contributed by atoms with van der Waals surface area (Å²) in [6.45, 7) is 3.68. The quantitative estimate of drug-likeness (QED) is 0.711. The van der Waals surface area contributed by atoms with Gasteiger partial charge in [-0.05, 0) is 26.0 Å². The smallest absolute Gasteiger partial charge is 0.254 e. The van der Waals surface area contributed by atoms with Crippen LogP contribution in [0.2, 0.25) is 0 Å². The molecule has 80 valence electrons. The van der Waals surface area contributed by atoms with Crippen LogP contribution in [0, 0.1) is 5.82 Å². The first kappa shape index (κ1) is 10.6. The summed E-state index contributed by atoms with van der Waals surface area (Å²) in [6.07, 6.45) is 0. The number of halogens is 2. The van der Waals surface area contributed by atoms with Gasteiger partial charge in [0, 0.05) is 22.6 Å². The minimum Gasteiger partial charge on any atom is -0.332 e. The lowest BCUT2D eigenvalue weighted by Crippen LogP contribution is -2.35. The molecule has 1 aromatic carbocycles. The average molecular weight is 272 g/mol. The molecule has 0 unspecified atom stereocenters. The predicted octanol–water partition coefficient (Wildman–Crippen LogP) is 2.91. The molecule has 1 aliphatic rings. The van der Waals surface area contributed by atoms with Crippen molar-refractivity contribution < 1.29 is 9.18 Å². The maximum Gasteiger partial charge on any atom is 0.254 e. The highest BCUT2D eigenvalue weighted by Gasteiger charge is 2.42. The predicted molar refractivity (Wildman–Crippen MR) is 59.2 cm³/mol. The van der Waals surface area contributed by atoms with E-state index >= 15 is 0 Å². The summed E-state index contributed by atoms with van der Waals surface area (Å²) in [4.78, 5) is 13.4. The molecular formula is C11H11BrFNO. The van der Waals surface area contributed by atoms with Gasteiger partial charge in [-0.15, -0.1) is 0 Å². The Morgan fingerprint density at radius 2 is 2.00 bits per heavy atom. The molecule has 0 atom stereocenters. The molecule has 1 heterocycles. The van der Waals surface area contributed by atoms with Crippen molar-refractivity contribution in [3.63, 3.8) is 0 Å². The van der Waals surface area contributed by atoms with E-state index in [1.165, 1.54) is 6.07 Å². The number of carbonyl (C=O) groups excluding carboxylic acids is 1. The average Bonchev–Trinajstić information content (AvgIpc) is 2.27. The number of benzene rings is 1. The van der Waals surface area contributed by atoms with Crippen LogP contribution in [0.25, 0.3) is 0 Å². The summed E-state index contributed by atoms with van der Waals surface area (Å²) in [6, 6.07) is 3.07. The molecule has 1 amide bonds. The van der Waals surface area contributed by atoms with Gasteiger partial charge in [0.1, 0.15) is 5.82 Å². The van der Waals surface area contributed by atoms with Crippen molar-refractivity contribution >= 4 is 21.8 Å². The molecule has 2 rings (SSSR count). The van der Waals surface area contributed by atoms with Crippen molar-refractivity contribution in [3.05, 3.63) is 33.5 Å². The summed E-state index contributed by atoms with van der Waals surface area (Å²) in [5.41, 5.74) is 0.365. The fraction of sp³-hybridized carbons (Fsp3) is 0.364. The highest BCUT2D eigenvalue weighted by Crippen LogP contribution is 2.40. The molecular weight excluding hydrogens is 261 g/mol. The van der Waals surface area contributed by atoms with Crippen LogP contribution in [0.3, 0.4) is 0 Å². The van der Waals surface area contributed by atoms with Crippen molar-refractivity contribution in [3.8, 4) is 0 Å². The first-order chi connectivity index (χ1) is 6.85. The molecule has 1 aromatic rings. The number of nitrogens with zero attached hydrogens (tertiary/aromatic N) is 1. The van der Waals surface area contributed by atoms with Crippen molar-refractivity contribution in [1.29, 1.82) is 0 Å². The Kier molecular flexibility index (Phi) is 2.15. The Morgan fingerprint density at radius 1 is 1.40 bits per heavy atom. The molecule has 0 saturated carbocycles. The molecule has 0 radical (unpaired) electrons. The van der Waals surface area contributed by atoms with Crippen molar-refractivity contribution in [2.24, 2.45) is 0 Å². The maximum absolute atomic E-state index is 13.8. The van der Waals surface area contributed by atoms with Gasteiger partial charge in [-0.3, -0.25) is 4.79 Å². The summed E-state index contributed by atoms with van der Waals surface area (Å²) in [5, 5.41) is 0. The molecule has 15 heavy (non-hydrogen) atoms. The van der Waals surface area contributed by atoms with Gasteiger partial charge in [-0.1, -0.05) is 15.9 Å². The van der Waals surface area contributed by atoms with E-state index in [-0.39, 0.29) is 11.7 Å². The van der Waals surface area contributed by atoms with E-state index < -0.39 is 5.54 Å². The monoisotopic (exact) mass is 271 g/mol. The molecule has 2 nitrogen and oxygen atoms in total. The van der Waals surface area contributed by atoms with Crippen LogP contribution in [0.1, 0.15) is 29.8 Å². The zero-order valence-corrected chi connectivity index (χ0v) is 10.4. The van der Waals surface area contributed by atoms with Crippen molar-refractivity contribution in [2.45, 2.75) is 19.4 Å². The first-order valence-corrected chi connectivity index (χ1v) is 5.42. The Labute approximate surface area is 96.2 Å². The van der Waals surface area contributed by atoms with Crippen LogP contribution >= 0.6 is 15.9 Å². The zero-order valence-electron chi connectivity index (χ0n) is 8.77. The summed E-state index contributed by atoms with van der Waals surface area (Å²) < 4.78 is 14.4. The summed E-state index contributed by atoms with van der Waals surface area (Å²) in [5.74, 6) is -0.461. The Balaban J connectivity index is 2.77. The van der Waals surface area contributed by atoms with Crippen LogP contribution in [0.4, 0.5) is 4.39 Å². The van der Waals surface area contributed by atoms with E-state index in [2.05, 4.69) is 15.9 Å². The minimum atomic E-state index is -0.572. The number of amides is 1. The second kappa shape index (κ2) is 3.04. The van der Waals surface area contributed by atoms with Gasteiger partial charge in [0.05, 0.1) is 5.54 Å². The van der Waals surface area contributed by atoms with Crippen LogP contribution < -0.4 is 0 Å². The van der Waals surface area contributed by atoms with E-state index in [0.717, 1.165) is 0 Å². The fourth-order valence-corrected chi connectivity index (χ4v) is 2.40. The van der Waals surface area contributed by atoms with E-state index in [0.29, 0.717) is 15.6 Å². The van der Waals surface area contributed by atoms with E-state index in [4.69, 9.17) is 0 Å². The summed E-state index contributed by atoms with van der Waals surface area (Å²) >= 11 is 3.19. The highest BCUT2D eigenvalue weighted by molar-refractivity contribution is 9.10. The lowest BCUT2D eigenvalue weighted by molar-refractivity contribution is 0.0689. The van der Waals surface area contributed by atoms with Gasteiger partial charge >= 0.3 is 0 Å². The number of rotatable bonds is 0. The third-order valence-electron chi connectivity index (χ3n) is 3.04. The standard InChI is InChI=1S/C11H11BrFNO/c1-11(2)9-7(10(15)14(11)3)4-6(12)5-8(9)13/h4-5H,1-3H3. The van der Waals surface area contributed by atoms with Gasteiger partial charge in [0.25, 0.3) is 5.91 Å². The molecule has 4 heteroatoms. The van der Waals surface area contributed by atoms with E-state index in [9.17, 15) is 9.18 Å². The minimum absolute atomic E-state index is 0.129. The van der Waals surface area contributed by atoms with Gasteiger partial charge in [-0.25, -0.2) is 4.39 Å². The fourth-order valence-electron chi connectivity index (χ4n) is 1.97. The normalized spacial score (nSPS) is 18.2. The van der Waals surface area contributed by atoms with Crippen LogP contribution in [-0.4, -0.2) is 17.9 Å². The number of fused-ring (bicyclic) bond motifs is 1. The van der Waals surface area contributed by atoms with Crippen LogP contribution in [0.15, 0.2) is 16.6 Å². The van der Waals surface area contributed by atoms with Crippen molar-refractivity contribution in [1.82, 2.24) is 4.90 Å². The second-order valence-electron chi connectivity index (χ2n) is 4.23. The van der Waals surface area contributed by atoms with E-state index in [1.807, 2.05) is 13.8 Å². The van der Waals surface area contributed by atoms with Gasteiger partial charge in [0.15, 0.2) is 0 Å². The Hall–Kier alpha value is -0.900. The molecule has 0 spiro atoms.